The molecule has 2 aromatic heterocycles. The molecular weight excluding hydrogens is 266 g/mol. The van der Waals surface area contributed by atoms with Crippen LogP contribution in [0.25, 0.3) is 0 Å². The van der Waals surface area contributed by atoms with Crippen LogP contribution < -0.4 is 4.90 Å². The molecule has 0 saturated heterocycles. The van der Waals surface area contributed by atoms with Crippen molar-refractivity contribution in [2.45, 2.75) is 6.54 Å². The molecule has 98 valence electrons. The molecule has 2 aromatic rings. The van der Waals surface area contributed by atoms with Gasteiger partial charge in [0.2, 0.25) is 0 Å². The maximum atomic E-state index is 11.0. The van der Waals surface area contributed by atoms with Crippen molar-refractivity contribution in [1.82, 2.24) is 9.97 Å². The fourth-order valence-electron chi connectivity index (χ4n) is 1.64. The Balaban J connectivity index is 2.22. The van der Waals surface area contributed by atoms with Crippen LogP contribution in [0.3, 0.4) is 0 Å². The van der Waals surface area contributed by atoms with Gasteiger partial charge in [0.15, 0.2) is 5.69 Å². The number of carboxylic acids is 1. The zero-order chi connectivity index (χ0) is 13.8. The van der Waals surface area contributed by atoms with Gasteiger partial charge in [0.1, 0.15) is 5.82 Å². The van der Waals surface area contributed by atoms with E-state index in [1.807, 2.05) is 24.1 Å². The van der Waals surface area contributed by atoms with E-state index in [0.717, 1.165) is 5.56 Å². The molecule has 0 radical (unpaired) electrons. The lowest BCUT2D eigenvalue weighted by atomic mass is 10.2. The summed E-state index contributed by atoms with van der Waals surface area (Å²) in [5.74, 6) is -0.590. The predicted octanol–water partition coefficient (Wildman–Crippen LogP) is 2.46. The van der Waals surface area contributed by atoms with Crippen LogP contribution in [0.5, 0.6) is 0 Å². The van der Waals surface area contributed by atoms with E-state index in [0.29, 0.717) is 12.4 Å². The third-order valence-electron chi connectivity index (χ3n) is 2.57. The Kier molecular flexibility index (Phi) is 3.97. The van der Waals surface area contributed by atoms with E-state index in [4.69, 9.17) is 16.7 Å². The number of pyridine rings is 2. The molecule has 0 aromatic carbocycles. The molecule has 0 atom stereocenters. The van der Waals surface area contributed by atoms with E-state index < -0.39 is 5.97 Å². The van der Waals surface area contributed by atoms with Crippen molar-refractivity contribution < 1.29 is 9.90 Å². The van der Waals surface area contributed by atoms with Crippen LogP contribution >= 0.6 is 11.6 Å². The van der Waals surface area contributed by atoms with Gasteiger partial charge in [-0.15, -0.1) is 0 Å². The third-order valence-corrected chi connectivity index (χ3v) is 2.87. The fraction of sp³-hybridized carbons (Fsp3) is 0.154. The number of aromatic carboxylic acids is 1. The molecule has 0 saturated carbocycles. The predicted molar refractivity (Wildman–Crippen MR) is 72.6 cm³/mol. The Hall–Kier alpha value is -2.14. The standard InChI is InChI=1S/C13H12ClN3O2/c1-17(8-9-3-2-6-15-7-9)11-5-4-10(14)12(16-11)13(18)19/h2-7H,8H2,1H3,(H,18,19). The summed E-state index contributed by atoms with van der Waals surface area (Å²) in [6.07, 6.45) is 3.46. The highest BCUT2D eigenvalue weighted by atomic mass is 35.5. The molecule has 2 heterocycles. The van der Waals surface area contributed by atoms with Crippen LogP contribution in [-0.2, 0) is 6.54 Å². The van der Waals surface area contributed by atoms with Crippen LogP contribution in [-0.4, -0.2) is 28.1 Å². The van der Waals surface area contributed by atoms with Crippen LogP contribution in [0, 0.1) is 0 Å². The van der Waals surface area contributed by atoms with Gasteiger partial charge < -0.3 is 10.0 Å². The minimum atomic E-state index is -1.14. The molecule has 0 unspecified atom stereocenters. The van der Waals surface area contributed by atoms with Crippen molar-refractivity contribution in [3.63, 3.8) is 0 Å². The van der Waals surface area contributed by atoms with E-state index >= 15 is 0 Å². The Morgan fingerprint density at radius 3 is 2.84 bits per heavy atom. The average Bonchev–Trinajstić information content (AvgIpc) is 2.40. The lowest BCUT2D eigenvalue weighted by Crippen LogP contribution is -2.19. The van der Waals surface area contributed by atoms with Gasteiger partial charge in [0.25, 0.3) is 0 Å². The van der Waals surface area contributed by atoms with Crippen molar-refractivity contribution >= 4 is 23.4 Å². The second-order valence-corrected chi connectivity index (χ2v) is 4.43. The number of nitrogens with zero attached hydrogens (tertiary/aromatic N) is 3. The maximum absolute atomic E-state index is 11.0. The summed E-state index contributed by atoms with van der Waals surface area (Å²) in [5.41, 5.74) is 0.871. The summed E-state index contributed by atoms with van der Waals surface area (Å²) in [6, 6.07) is 7.01. The molecule has 0 amide bonds. The Morgan fingerprint density at radius 1 is 1.42 bits per heavy atom. The summed E-state index contributed by atoms with van der Waals surface area (Å²) in [5, 5.41) is 9.12. The molecule has 0 aliphatic heterocycles. The van der Waals surface area contributed by atoms with Crippen molar-refractivity contribution in [3.8, 4) is 0 Å². The van der Waals surface area contributed by atoms with Gasteiger partial charge in [-0.1, -0.05) is 17.7 Å². The number of carboxylic acid groups (broad SMARTS) is 1. The largest absolute Gasteiger partial charge is 0.476 e. The quantitative estimate of drug-likeness (QED) is 0.930. The van der Waals surface area contributed by atoms with Crippen molar-refractivity contribution in [2.75, 3.05) is 11.9 Å². The first-order valence-electron chi connectivity index (χ1n) is 5.58. The number of halogens is 1. The number of hydrogen-bond acceptors (Lipinski definition) is 4. The van der Waals surface area contributed by atoms with Crippen LogP contribution in [0.4, 0.5) is 5.82 Å². The molecule has 2 rings (SSSR count). The van der Waals surface area contributed by atoms with Gasteiger partial charge in [0, 0.05) is 26.0 Å². The minimum absolute atomic E-state index is 0.131. The van der Waals surface area contributed by atoms with Gasteiger partial charge in [-0.25, -0.2) is 9.78 Å². The summed E-state index contributed by atoms with van der Waals surface area (Å²) >= 11 is 5.78. The van der Waals surface area contributed by atoms with E-state index in [-0.39, 0.29) is 10.7 Å². The number of hydrogen-bond donors (Lipinski definition) is 1. The molecule has 0 aliphatic carbocycles. The lowest BCUT2D eigenvalue weighted by Gasteiger charge is -2.18. The second kappa shape index (κ2) is 5.67. The highest BCUT2D eigenvalue weighted by Crippen LogP contribution is 2.19. The Morgan fingerprint density at radius 2 is 2.21 bits per heavy atom. The summed E-state index contributed by atoms with van der Waals surface area (Å²) in [7, 11) is 1.83. The number of aromatic nitrogens is 2. The zero-order valence-corrected chi connectivity index (χ0v) is 11.0. The molecule has 0 fully saturated rings. The average molecular weight is 278 g/mol. The monoisotopic (exact) mass is 277 g/mol. The first-order valence-corrected chi connectivity index (χ1v) is 5.95. The molecular formula is C13H12ClN3O2. The number of anilines is 1. The molecule has 0 spiro atoms. The van der Waals surface area contributed by atoms with E-state index in [1.165, 1.54) is 6.07 Å². The van der Waals surface area contributed by atoms with Crippen LogP contribution in [0.15, 0.2) is 36.7 Å². The normalized spacial score (nSPS) is 10.2. The topological polar surface area (TPSA) is 66.3 Å². The van der Waals surface area contributed by atoms with Gasteiger partial charge in [-0.2, -0.15) is 0 Å². The van der Waals surface area contributed by atoms with E-state index in [1.54, 1.807) is 18.5 Å². The highest BCUT2D eigenvalue weighted by Gasteiger charge is 2.13. The molecule has 0 aliphatic rings. The van der Waals surface area contributed by atoms with Gasteiger partial charge in [0.05, 0.1) is 5.02 Å². The second-order valence-electron chi connectivity index (χ2n) is 4.02. The van der Waals surface area contributed by atoms with Gasteiger partial charge in [-0.05, 0) is 23.8 Å². The first-order chi connectivity index (χ1) is 9.08. The maximum Gasteiger partial charge on any atom is 0.356 e. The highest BCUT2D eigenvalue weighted by molar-refractivity contribution is 6.33. The van der Waals surface area contributed by atoms with Crippen LogP contribution in [0.1, 0.15) is 16.1 Å². The fourth-order valence-corrected chi connectivity index (χ4v) is 1.83. The lowest BCUT2D eigenvalue weighted by molar-refractivity contribution is 0.0691. The van der Waals surface area contributed by atoms with Gasteiger partial charge >= 0.3 is 5.97 Å². The number of carbonyl (C=O) groups is 1. The van der Waals surface area contributed by atoms with Crippen LogP contribution in [0.2, 0.25) is 5.02 Å². The molecule has 1 N–H and O–H groups in total. The van der Waals surface area contributed by atoms with Crippen molar-refractivity contribution in [1.29, 1.82) is 0 Å². The Labute approximate surface area is 115 Å². The molecule has 0 bridgehead atoms. The molecule has 5 nitrogen and oxygen atoms in total. The molecule has 19 heavy (non-hydrogen) atoms. The zero-order valence-electron chi connectivity index (χ0n) is 10.2. The minimum Gasteiger partial charge on any atom is -0.476 e. The SMILES string of the molecule is CN(Cc1cccnc1)c1ccc(Cl)c(C(=O)O)n1. The number of rotatable bonds is 4. The summed E-state index contributed by atoms with van der Waals surface area (Å²) in [6.45, 7) is 0.585. The first kappa shape index (κ1) is 13.3. The smallest absolute Gasteiger partial charge is 0.356 e. The third kappa shape index (κ3) is 3.20. The summed E-state index contributed by atoms with van der Waals surface area (Å²) < 4.78 is 0. The molecule has 6 heteroatoms. The Bertz CT molecular complexity index is 590. The van der Waals surface area contributed by atoms with Gasteiger partial charge in [-0.3, -0.25) is 4.98 Å². The summed E-state index contributed by atoms with van der Waals surface area (Å²) in [4.78, 5) is 20.9. The van der Waals surface area contributed by atoms with Crippen molar-refractivity contribution in [3.05, 3.63) is 52.9 Å². The van der Waals surface area contributed by atoms with E-state index in [9.17, 15) is 4.79 Å². The van der Waals surface area contributed by atoms with Crippen molar-refractivity contribution in [2.24, 2.45) is 0 Å². The van der Waals surface area contributed by atoms with E-state index in [2.05, 4.69) is 9.97 Å².